The highest BCUT2D eigenvalue weighted by atomic mass is 16.2. The van der Waals surface area contributed by atoms with Crippen molar-refractivity contribution in [1.82, 2.24) is 15.5 Å². The minimum Gasteiger partial charge on any atom is -0.352 e. The molecule has 0 aromatic rings. The van der Waals surface area contributed by atoms with Gasteiger partial charge < -0.3 is 10.6 Å². The fraction of sp³-hybridized carbons (Fsp3) is 0.941. The van der Waals surface area contributed by atoms with Crippen molar-refractivity contribution in [2.45, 2.75) is 71.9 Å². The first-order chi connectivity index (χ1) is 10.1. The third-order valence-corrected chi connectivity index (χ3v) is 4.50. The van der Waals surface area contributed by atoms with Crippen molar-refractivity contribution in [2.75, 3.05) is 26.2 Å². The molecule has 0 saturated carbocycles. The molecule has 21 heavy (non-hydrogen) atoms. The van der Waals surface area contributed by atoms with Crippen LogP contribution >= 0.6 is 0 Å². The van der Waals surface area contributed by atoms with Gasteiger partial charge in [0.25, 0.3) is 0 Å². The fourth-order valence-corrected chi connectivity index (χ4v) is 3.16. The first kappa shape index (κ1) is 18.4. The zero-order chi connectivity index (χ0) is 15.7. The van der Waals surface area contributed by atoms with Crippen molar-refractivity contribution < 1.29 is 4.79 Å². The average molecular weight is 297 g/mol. The summed E-state index contributed by atoms with van der Waals surface area (Å²) in [4.78, 5) is 14.8. The third kappa shape index (κ3) is 6.79. The Hall–Kier alpha value is -0.610. The molecule has 1 aliphatic heterocycles. The highest BCUT2D eigenvalue weighted by Crippen LogP contribution is 2.15. The van der Waals surface area contributed by atoms with E-state index in [2.05, 4.69) is 43.2 Å². The van der Waals surface area contributed by atoms with E-state index in [0.717, 1.165) is 51.4 Å². The Labute approximate surface area is 131 Å². The first-order valence-electron chi connectivity index (χ1n) is 8.83. The normalized spacial score (nSPS) is 19.5. The zero-order valence-electron chi connectivity index (χ0n) is 14.5. The fourth-order valence-electron chi connectivity index (χ4n) is 3.16. The molecule has 2 atom stereocenters. The Morgan fingerprint density at radius 2 is 1.90 bits per heavy atom. The highest BCUT2D eigenvalue weighted by molar-refractivity contribution is 5.81. The lowest BCUT2D eigenvalue weighted by atomic mass is 9.96. The van der Waals surface area contributed by atoms with Gasteiger partial charge in [0.05, 0.1) is 6.04 Å². The molecule has 2 unspecified atom stereocenters. The maximum Gasteiger partial charge on any atom is 0.237 e. The summed E-state index contributed by atoms with van der Waals surface area (Å²) in [6.07, 6.45) is 5.75. The van der Waals surface area contributed by atoms with Crippen molar-refractivity contribution in [3.05, 3.63) is 0 Å². The van der Waals surface area contributed by atoms with Gasteiger partial charge in [0.2, 0.25) is 5.91 Å². The molecule has 0 spiro atoms. The van der Waals surface area contributed by atoms with Gasteiger partial charge in [-0.25, -0.2) is 0 Å². The number of carbonyl (C=O) groups is 1. The molecule has 2 N–H and O–H groups in total. The maximum atomic E-state index is 12.4. The number of carbonyl (C=O) groups excluding carboxylic acids is 1. The van der Waals surface area contributed by atoms with E-state index in [-0.39, 0.29) is 18.0 Å². The molecule has 0 bridgehead atoms. The van der Waals surface area contributed by atoms with Crippen LogP contribution in [0.15, 0.2) is 0 Å². The molecule has 1 rings (SSSR count). The third-order valence-electron chi connectivity index (χ3n) is 4.50. The van der Waals surface area contributed by atoms with Crippen LogP contribution in [-0.2, 0) is 4.79 Å². The number of nitrogens with zero attached hydrogens (tertiary/aromatic N) is 1. The van der Waals surface area contributed by atoms with Gasteiger partial charge in [-0.1, -0.05) is 20.3 Å². The number of hydrogen-bond donors (Lipinski definition) is 2. The Bertz CT molecular complexity index is 290. The molecule has 1 saturated heterocycles. The van der Waals surface area contributed by atoms with Crippen LogP contribution < -0.4 is 10.6 Å². The largest absolute Gasteiger partial charge is 0.352 e. The molecule has 0 radical (unpaired) electrons. The topological polar surface area (TPSA) is 44.4 Å². The van der Waals surface area contributed by atoms with Crippen molar-refractivity contribution in [2.24, 2.45) is 5.92 Å². The maximum absolute atomic E-state index is 12.4. The van der Waals surface area contributed by atoms with E-state index < -0.39 is 0 Å². The number of amides is 1. The number of piperidine rings is 1. The van der Waals surface area contributed by atoms with Gasteiger partial charge in [0.1, 0.15) is 0 Å². The molecule has 4 heteroatoms. The molecular weight excluding hydrogens is 262 g/mol. The van der Waals surface area contributed by atoms with E-state index in [4.69, 9.17) is 0 Å². The second-order valence-corrected chi connectivity index (χ2v) is 6.56. The van der Waals surface area contributed by atoms with Gasteiger partial charge in [0, 0.05) is 12.6 Å². The summed E-state index contributed by atoms with van der Waals surface area (Å²) in [5.41, 5.74) is 0. The van der Waals surface area contributed by atoms with Crippen LogP contribution in [0.4, 0.5) is 0 Å². The van der Waals surface area contributed by atoms with Crippen molar-refractivity contribution in [3.63, 3.8) is 0 Å². The van der Waals surface area contributed by atoms with E-state index >= 15 is 0 Å². The number of nitrogens with one attached hydrogen (secondary N) is 2. The quantitative estimate of drug-likeness (QED) is 0.687. The van der Waals surface area contributed by atoms with Crippen LogP contribution in [-0.4, -0.2) is 49.1 Å². The van der Waals surface area contributed by atoms with Crippen molar-refractivity contribution >= 4 is 5.91 Å². The Morgan fingerprint density at radius 3 is 2.48 bits per heavy atom. The van der Waals surface area contributed by atoms with Crippen molar-refractivity contribution in [1.29, 1.82) is 0 Å². The molecule has 4 nitrogen and oxygen atoms in total. The van der Waals surface area contributed by atoms with E-state index in [1.807, 2.05) is 0 Å². The summed E-state index contributed by atoms with van der Waals surface area (Å²) in [6, 6.07) is 0.270. The summed E-state index contributed by atoms with van der Waals surface area (Å²) < 4.78 is 0. The van der Waals surface area contributed by atoms with Crippen molar-refractivity contribution in [3.8, 4) is 0 Å². The van der Waals surface area contributed by atoms with Crippen LogP contribution in [0.3, 0.4) is 0 Å². The monoisotopic (exact) mass is 297 g/mol. The van der Waals surface area contributed by atoms with Gasteiger partial charge >= 0.3 is 0 Å². The second kappa shape index (κ2) is 10.2. The standard InChI is InChI=1S/C17H35N3O/c1-5-7-14(3)19-17(21)15(4)20(12-6-2)13-16-8-10-18-11-9-16/h14-16,18H,5-13H2,1-4H3,(H,19,21). The molecule has 0 aliphatic carbocycles. The van der Waals surface area contributed by atoms with E-state index in [9.17, 15) is 4.79 Å². The van der Waals surface area contributed by atoms with E-state index in [1.165, 1.54) is 12.8 Å². The smallest absolute Gasteiger partial charge is 0.237 e. The van der Waals surface area contributed by atoms with Gasteiger partial charge in [-0.3, -0.25) is 9.69 Å². The Kier molecular flexibility index (Phi) is 8.93. The SMILES string of the molecule is CCCC(C)NC(=O)C(C)N(CCC)CC1CCNCC1. The molecule has 1 amide bonds. The summed E-state index contributed by atoms with van der Waals surface area (Å²) in [5, 5.41) is 6.58. The minimum absolute atomic E-state index is 0.0147. The van der Waals surface area contributed by atoms with E-state index in [1.54, 1.807) is 0 Å². The summed E-state index contributed by atoms with van der Waals surface area (Å²) >= 11 is 0. The summed E-state index contributed by atoms with van der Waals surface area (Å²) in [5.74, 6) is 0.930. The number of hydrogen-bond acceptors (Lipinski definition) is 3. The van der Waals surface area contributed by atoms with Crippen LogP contribution in [0.25, 0.3) is 0 Å². The van der Waals surface area contributed by atoms with Gasteiger partial charge in [-0.05, 0) is 65.1 Å². The molecule has 1 aliphatic rings. The highest BCUT2D eigenvalue weighted by Gasteiger charge is 2.25. The van der Waals surface area contributed by atoms with Crippen LogP contribution in [0.2, 0.25) is 0 Å². The lowest BCUT2D eigenvalue weighted by Gasteiger charge is -2.33. The average Bonchev–Trinajstić information content (AvgIpc) is 2.47. The first-order valence-corrected chi connectivity index (χ1v) is 8.83. The van der Waals surface area contributed by atoms with Crippen LogP contribution in [0.1, 0.15) is 59.8 Å². The predicted octanol–water partition coefficient (Wildman–Crippen LogP) is 2.39. The van der Waals surface area contributed by atoms with Crippen LogP contribution in [0, 0.1) is 5.92 Å². The zero-order valence-corrected chi connectivity index (χ0v) is 14.5. The van der Waals surface area contributed by atoms with Gasteiger partial charge in [0.15, 0.2) is 0 Å². The Balaban J connectivity index is 2.50. The molecular formula is C17H35N3O. The van der Waals surface area contributed by atoms with Gasteiger partial charge in [-0.2, -0.15) is 0 Å². The lowest BCUT2D eigenvalue weighted by Crippen LogP contribution is -2.50. The molecule has 124 valence electrons. The second-order valence-electron chi connectivity index (χ2n) is 6.56. The summed E-state index contributed by atoms with van der Waals surface area (Å²) in [7, 11) is 0. The predicted molar refractivity (Wildman–Crippen MR) is 89.4 cm³/mol. The lowest BCUT2D eigenvalue weighted by molar-refractivity contribution is -0.126. The Morgan fingerprint density at radius 1 is 1.24 bits per heavy atom. The van der Waals surface area contributed by atoms with Crippen LogP contribution in [0.5, 0.6) is 0 Å². The molecule has 1 fully saturated rings. The molecule has 0 aromatic heterocycles. The minimum atomic E-state index is -0.0147. The molecule has 1 heterocycles. The van der Waals surface area contributed by atoms with Gasteiger partial charge in [-0.15, -0.1) is 0 Å². The summed E-state index contributed by atoms with van der Waals surface area (Å²) in [6.45, 7) is 12.8. The molecule has 0 aromatic carbocycles. The van der Waals surface area contributed by atoms with E-state index in [0.29, 0.717) is 0 Å². The number of rotatable bonds is 9.